The number of rotatable bonds is 6. The second kappa shape index (κ2) is 8.32. The third-order valence-electron chi connectivity index (χ3n) is 6.65. The van der Waals surface area contributed by atoms with Crippen LogP contribution >= 0.6 is 0 Å². The van der Waals surface area contributed by atoms with Crippen molar-refractivity contribution in [2.24, 2.45) is 0 Å². The largest absolute Gasteiger partial charge is 0.374 e. The number of carbonyl (C=O) groups is 1. The number of halogens is 1. The summed E-state index contributed by atoms with van der Waals surface area (Å²) in [5.41, 5.74) is 2.93. The lowest BCUT2D eigenvalue weighted by Crippen LogP contribution is -2.41. The van der Waals surface area contributed by atoms with Crippen LogP contribution in [0.15, 0.2) is 48.8 Å². The van der Waals surface area contributed by atoms with Crippen molar-refractivity contribution >= 4 is 16.9 Å². The van der Waals surface area contributed by atoms with E-state index in [1.54, 1.807) is 18.3 Å². The minimum atomic E-state index is -0.541. The molecule has 0 radical (unpaired) electrons. The monoisotopic (exact) mass is 460 g/mol. The zero-order valence-corrected chi connectivity index (χ0v) is 18.9. The van der Waals surface area contributed by atoms with E-state index in [2.05, 4.69) is 21.5 Å². The quantitative estimate of drug-likeness (QED) is 0.412. The highest BCUT2D eigenvalue weighted by atomic mass is 19.1. The molecule has 2 bridgehead atoms. The van der Waals surface area contributed by atoms with E-state index in [0.717, 1.165) is 36.2 Å². The van der Waals surface area contributed by atoms with Gasteiger partial charge in [-0.3, -0.25) is 4.79 Å². The van der Waals surface area contributed by atoms with Crippen LogP contribution in [-0.4, -0.2) is 60.2 Å². The zero-order valence-electron chi connectivity index (χ0n) is 18.9. The highest BCUT2D eigenvalue weighted by Crippen LogP contribution is 2.30. The second-order valence-corrected chi connectivity index (χ2v) is 8.91. The maximum atomic E-state index is 13.7. The molecule has 0 spiro atoms. The van der Waals surface area contributed by atoms with Gasteiger partial charge in [0.1, 0.15) is 11.5 Å². The van der Waals surface area contributed by atoms with Crippen molar-refractivity contribution in [2.75, 3.05) is 13.2 Å². The lowest BCUT2D eigenvalue weighted by atomic mass is 10.1. The minimum absolute atomic E-state index is 0.0533. The topological polar surface area (TPSA) is 78.1 Å². The van der Waals surface area contributed by atoms with Crippen molar-refractivity contribution < 1.29 is 13.9 Å². The number of imidazole rings is 2. The lowest BCUT2D eigenvalue weighted by Gasteiger charge is -2.27. The lowest BCUT2D eigenvalue weighted by molar-refractivity contribution is 0.0259. The molecule has 174 valence electrons. The Morgan fingerprint density at radius 3 is 2.91 bits per heavy atom. The summed E-state index contributed by atoms with van der Waals surface area (Å²) in [6.45, 7) is 4.64. The van der Waals surface area contributed by atoms with Crippen molar-refractivity contribution in [3.05, 3.63) is 66.1 Å². The van der Waals surface area contributed by atoms with E-state index in [9.17, 15) is 9.18 Å². The first-order valence-electron chi connectivity index (χ1n) is 11.7. The maximum absolute atomic E-state index is 13.7. The molecule has 0 saturated carbocycles. The molecule has 0 N–H and O–H groups in total. The number of benzene rings is 1. The summed E-state index contributed by atoms with van der Waals surface area (Å²) in [7, 11) is 0. The Hall–Kier alpha value is -3.59. The Morgan fingerprint density at radius 2 is 2.15 bits per heavy atom. The highest BCUT2D eigenvalue weighted by molar-refractivity contribution is 5.98. The smallest absolute Gasteiger partial charge is 0.254 e. The van der Waals surface area contributed by atoms with Gasteiger partial charge in [0.15, 0.2) is 5.82 Å². The van der Waals surface area contributed by atoms with Crippen molar-refractivity contribution in [2.45, 2.75) is 45.0 Å². The van der Waals surface area contributed by atoms with Crippen LogP contribution in [0, 0.1) is 5.95 Å². The first-order chi connectivity index (χ1) is 16.6. The Bertz CT molecular complexity index is 1380. The molecule has 2 aliphatic heterocycles. The predicted octanol–water partition coefficient (Wildman–Crippen LogP) is 3.51. The number of amides is 1. The van der Waals surface area contributed by atoms with Crippen LogP contribution in [-0.2, 0) is 17.8 Å². The molecule has 5 heterocycles. The molecule has 4 aromatic rings. The standard InChI is InChI=1S/C25H25FN6O2/c1-2-9-31-21-11-16(25(33)32-13-18-12-17(32)15-34-18)6-7-19(21)29-23(31)14-30-10-8-27-24(30)20-4-3-5-22(26)28-20/h3-8,10-11,17-18H,2,9,12-15H2,1H3/t17-,18-/m0/s1. The van der Waals surface area contributed by atoms with Gasteiger partial charge < -0.3 is 18.8 Å². The normalized spacial score (nSPS) is 19.4. The van der Waals surface area contributed by atoms with Crippen LogP contribution < -0.4 is 0 Å². The summed E-state index contributed by atoms with van der Waals surface area (Å²) in [4.78, 5) is 28.4. The Kier molecular flexibility index (Phi) is 5.13. The number of fused-ring (bicyclic) bond motifs is 3. The van der Waals surface area contributed by atoms with Gasteiger partial charge in [-0.1, -0.05) is 13.0 Å². The van der Waals surface area contributed by atoms with Gasteiger partial charge in [-0.15, -0.1) is 0 Å². The average molecular weight is 461 g/mol. The first kappa shape index (κ1) is 21.0. The molecule has 2 atom stereocenters. The number of carbonyl (C=O) groups excluding carboxylic acids is 1. The molecule has 9 heteroatoms. The van der Waals surface area contributed by atoms with Crippen LogP contribution in [0.2, 0.25) is 0 Å². The highest BCUT2D eigenvalue weighted by Gasteiger charge is 2.41. The fraction of sp³-hybridized carbons (Fsp3) is 0.360. The van der Waals surface area contributed by atoms with E-state index in [0.29, 0.717) is 36.8 Å². The molecule has 8 nitrogen and oxygen atoms in total. The van der Waals surface area contributed by atoms with E-state index in [4.69, 9.17) is 9.72 Å². The Morgan fingerprint density at radius 1 is 1.24 bits per heavy atom. The zero-order chi connectivity index (χ0) is 23.2. The van der Waals surface area contributed by atoms with Crippen LogP contribution in [0.5, 0.6) is 0 Å². The second-order valence-electron chi connectivity index (χ2n) is 8.91. The first-order valence-corrected chi connectivity index (χ1v) is 11.7. The van der Waals surface area contributed by atoms with Gasteiger partial charge in [-0.2, -0.15) is 4.39 Å². The van der Waals surface area contributed by atoms with E-state index in [1.807, 2.05) is 33.9 Å². The van der Waals surface area contributed by atoms with E-state index >= 15 is 0 Å². The van der Waals surface area contributed by atoms with Crippen LogP contribution in [0.4, 0.5) is 4.39 Å². The molecule has 3 aromatic heterocycles. The number of hydrogen-bond donors (Lipinski definition) is 0. The van der Waals surface area contributed by atoms with Crippen LogP contribution in [0.3, 0.4) is 0 Å². The van der Waals surface area contributed by atoms with Gasteiger partial charge in [0.05, 0.1) is 36.3 Å². The van der Waals surface area contributed by atoms with Gasteiger partial charge in [-0.25, -0.2) is 15.0 Å². The van der Waals surface area contributed by atoms with Crippen molar-refractivity contribution in [3.8, 4) is 11.5 Å². The van der Waals surface area contributed by atoms with Gasteiger partial charge in [0, 0.05) is 31.0 Å². The Balaban J connectivity index is 1.34. The average Bonchev–Trinajstić information content (AvgIpc) is 3.63. The number of pyridine rings is 1. The number of nitrogens with zero attached hydrogens (tertiary/aromatic N) is 6. The van der Waals surface area contributed by atoms with Gasteiger partial charge in [-0.05, 0) is 43.2 Å². The van der Waals surface area contributed by atoms with Gasteiger partial charge in [0.25, 0.3) is 5.91 Å². The fourth-order valence-electron chi connectivity index (χ4n) is 5.07. The predicted molar refractivity (Wildman–Crippen MR) is 124 cm³/mol. The van der Waals surface area contributed by atoms with Crippen LogP contribution in [0.1, 0.15) is 35.9 Å². The fourth-order valence-corrected chi connectivity index (χ4v) is 5.07. The van der Waals surface area contributed by atoms with Gasteiger partial charge in [0.2, 0.25) is 5.95 Å². The number of likely N-dealkylation sites (tertiary alicyclic amines) is 1. The molecule has 1 aromatic carbocycles. The van der Waals surface area contributed by atoms with Crippen LogP contribution in [0.25, 0.3) is 22.6 Å². The molecule has 6 rings (SSSR count). The maximum Gasteiger partial charge on any atom is 0.254 e. The molecular weight excluding hydrogens is 435 g/mol. The summed E-state index contributed by atoms with van der Waals surface area (Å²) < 4.78 is 23.4. The molecule has 0 unspecified atom stereocenters. The third-order valence-corrected chi connectivity index (χ3v) is 6.65. The van der Waals surface area contributed by atoms with Crippen molar-refractivity contribution in [3.63, 3.8) is 0 Å². The molecule has 2 fully saturated rings. The SMILES string of the molecule is CCCn1c(Cn2ccnc2-c2cccc(F)n2)nc2ccc(C(=O)N3C[C@@H]4C[C@H]3CO4)cc21. The molecule has 0 aliphatic carbocycles. The van der Waals surface area contributed by atoms with E-state index in [-0.39, 0.29) is 18.1 Å². The number of aryl methyl sites for hydroxylation is 1. The van der Waals surface area contributed by atoms with E-state index in [1.165, 1.54) is 6.07 Å². The summed E-state index contributed by atoms with van der Waals surface area (Å²) in [6.07, 6.45) is 5.55. The number of aromatic nitrogens is 5. The minimum Gasteiger partial charge on any atom is -0.374 e. The molecular formula is C25H25FN6O2. The summed E-state index contributed by atoms with van der Waals surface area (Å²) in [5.74, 6) is 0.945. The summed E-state index contributed by atoms with van der Waals surface area (Å²) in [6, 6.07) is 10.6. The third kappa shape index (κ3) is 3.56. The Labute approximate surface area is 196 Å². The number of morpholine rings is 1. The number of hydrogen-bond acceptors (Lipinski definition) is 5. The van der Waals surface area contributed by atoms with Crippen molar-refractivity contribution in [1.82, 2.24) is 29.0 Å². The number of ether oxygens (including phenoxy) is 1. The molecule has 1 amide bonds. The summed E-state index contributed by atoms with van der Waals surface area (Å²) >= 11 is 0. The molecule has 2 aliphatic rings. The van der Waals surface area contributed by atoms with E-state index < -0.39 is 5.95 Å². The van der Waals surface area contributed by atoms with Gasteiger partial charge >= 0.3 is 0 Å². The van der Waals surface area contributed by atoms with Crippen molar-refractivity contribution in [1.29, 1.82) is 0 Å². The summed E-state index contributed by atoms with van der Waals surface area (Å²) in [5, 5.41) is 0. The molecule has 34 heavy (non-hydrogen) atoms. The molecule has 2 saturated heterocycles.